The van der Waals surface area contributed by atoms with Crippen LogP contribution < -0.4 is 10.6 Å². The smallest absolute Gasteiger partial charge is 0.225 e. The number of nitrogens with one attached hydrogen (secondary N) is 2. The molecule has 1 aliphatic rings. The van der Waals surface area contributed by atoms with Gasteiger partial charge in [0.25, 0.3) is 0 Å². The lowest BCUT2D eigenvalue weighted by atomic mass is 9.80. The average molecular weight is 420 g/mol. The first-order chi connectivity index (χ1) is 14.2. The van der Waals surface area contributed by atoms with Crippen molar-refractivity contribution in [2.45, 2.75) is 78.3 Å². The van der Waals surface area contributed by atoms with Gasteiger partial charge in [-0.25, -0.2) is 4.39 Å². The van der Waals surface area contributed by atoms with Gasteiger partial charge in [-0.3, -0.25) is 4.79 Å². The van der Waals surface area contributed by atoms with Crippen LogP contribution in [0.15, 0.2) is 24.3 Å². The predicted octanol–water partition coefficient (Wildman–Crippen LogP) is 4.39. The Morgan fingerprint density at radius 1 is 1.17 bits per heavy atom. The molecular formula is C25H42FN3O. The van der Waals surface area contributed by atoms with Gasteiger partial charge in [0.1, 0.15) is 5.82 Å². The van der Waals surface area contributed by atoms with Crippen LogP contribution in [0.2, 0.25) is 0 Å². The Morgan fingerprint density at radius 3 is 2.47 bits per heavy atom. The molecule has 0 bridgehead atoms. The number of hydrogen-bond donors (Lipinski definition) is 2. The fourth-order valence-electron chi connectivity index (χ4n) is 4.48. The number of nitrogens with zero attached hydrogens (tertiary/aromatic N) is 1. The van der Waals surface area contributed by atoms with Gasteiger partial charge in [-0.2, -0.15) is 0 Å². The Bertz CT molecular complexity index is 641. The molecule has 1 aromatic carbocycles. The summed E-state index contributed by atoms with van der Waals surface area (Å²) in [4.78, 5) is 15.0. The molecule has 3 atom stereocenters. The molecule has 30 heavy (non-hydrogen) atoms. The summed E-state index contributed by atoms with van der Waals surface area (Å²) < 4.78 is 13.1. The topological polar surface area (TPSA) is 44.4 Å². The van der Waals surface area contributed by atoms with Crippen LogP contribution in [0, 0.1) is 17.2 Å². The first-order valence-corrected chi connectivity index (χ1v) is 11.7. The minimum atomic E-state index is -0.343. The molecule has 1 aromatic rings. The van der Waals surface area contributed by atoms with Crippen LogP contribution in [0.5, 0.6) is 0 Å². The van der Waals surface area contributed by atoms with Crippen molar-refractivity contribution in [3.8, 4) is 0 Å². The Hall–Kier alpha value is -1.46. The Labute approximate surface area is 183 Å². The highest BCUT2D eigenvalue weighted by Crippen LogP contribution is 2.27. The van der Waals surface area contributed by atoms with Crippen molar-refractivity contribution in [1.82, 2.24) is 15.5 Å². The van der Waals surface area contributed by atoms with Gasteiger partial charge in [-0.05, 0) is 82.3 Å². The third-order valence-corrected chi connectivity index (χ3v) is 6.26. The maximum absolute atomic E-state index is 13.1. The second-order valence-electron chi connectivity index (χ2n) is 9.92. The maximum atomic E-state index is 13.1. The molecule has 4 nitrogen and oxygen atoms in total. The van der Waals surface area contributed by atoms with E-state index in [0.717, 1.165) is 58.2 Å². The molecule has 0 aliphatic heterocycles. The Kier molecular flexibility index (Phi) is 9.76. The summed E-state index contributed by atoms with van der Waals surface area (Å²) in [6, 6.07) is 7.65. The largest absolute Gasteiger partial charge is 0.353 e. The maximum Gasteiger partial charge on any atom is 0.225 e. The van der Waals surface area contributed by atoms with Crippen molar-refractivity contribution in [2.75, 3.05) is 26.7 Å². The SMILES string of the molecule is CCCN(CCCc1ccc(F)cc1)C[C@@H]1C[C@H](NC(=O)C(C)(C)C)CC[C@H]1NC. The first-order valence-electron chi connectivity index (χ1n) is 11.7. The van der Waals surface area contributed by atoms with Crippen LogP contribution in [-0.4, -0.2) is 49.6 Å². The highest BCUT2D eigenvalue weighted by Gasteiger charge is 2.33. The van der Waals surface area contributed by atoms with Crippen LogP contribution >= 0.6 is 0 Å². The lowest BCUT2D eigenvalue weighted by molar-refractivity contribution is -0.129. The fraction of sp³-hybridized carbons (Fsp3) is 0.720. The van der Waals surface area contributed by atoms with E-state index in [4.69, 9.17) is 0 Å². The van der Waals surface area contributed by atoms with Gasteiger partial charge in [0.2, 0.25) is 5.91 Å². The normalized spacial score (nSPS) is 22.3. The molecular weight excluding hydrogens is 377 g/mol. The van der Waals surface area contributed by atoms with Crippen LogP contribution in [0.1, 0.15) is 65.4 Å². The van der Waals surface area contributed by atoms with Crippen LogP contribution in [0.4, 0.5) is 4.39 Å². The zero-order valence-electron chi connectivity index (χ0n) is 19.6. The van der Waals surface area contributed by atoms with E-state index in [1.165, 1.54) is 5.56 Å². The molecule has 2 rings (SSSR count). The average Bonchev–Trinajstić information content (AvgIpc) is 2.69. The number of halogens is 1. The van der Waals surface area contributed by atoms with E-state index >= 15 is 0 Å². The highest BCUT2D eigenvalue weighted by molar-refractivity contribution is 5.81. The van der Waals surface area contributed by atoms with E-state index in [0.29, 0.717) is 12.0 Å². The minimum absolute atomic E-state index is 0.152. The summed E-state index contributed by atoms with van der Waals surface area (Å²) >= 11 is 0. The lowest BCUT2D eigenvalue weighted by Gasteiger charge is -2.39. The van der Waals surface area contributed by atoms with E-state index in [2.05, 4.69) is 29.5 Å². The van der Waals surface area contributed by atoms with Gasteiger partial charge in [0, 0.05) is 24.0 Å². The summed E-state index contributed by atoms with van der Waals surface area (Å²) in [6.07, 6.45) is 6.37. The quantitative estimate of drug-likeness (QED) is 0.591. The Morgan fingerprint density at radius 2 is 1.87 bits per heavy atom. The monoisotopic (exact) mass is 419 g/mol. The molecule has 0 spiro atoms. The number of rotatable bonds is 10. The summed E-state index contributed by atoms with van der Waals surface area (Å²) in [7, 11) is 2.06. The van der Waals surface area contributed by atoms with Crippen molar-refractivity contribution in [2.24, 2.45) is 11.3 Å². The van der Waals surface area contributed by atoms with Crippen molar-refractivity contribution in [3.05, 3.63) is 35.6 Å². The molecule has 2 N–H and O–H groups in total. The number of aryl methyl sites for hydroxylation is 1. The molecule has 5 heteroatoms. The summed E-state index contributed by atoms with van der Waals surface area (Å²) in [5.74, 6) is 0.514. The summed E-state index contributed by atoms with van der Waals surface area (Å²) in [6.45, 7) is 11.4. The van der Waals surface area contributed by atoms with Gasteiger partial charge >= 0.3 is 0 Å². The van der Waals surface area contributed by atoms with Gasteiger partial charge < -0.3 is 15.5 Å². The van der Waals surface area contributed by atoms with E-state index < -0.39 is 0 Å². The van der Waals surface area contributed by atoms with Gasteiger partial charge in [0.15, 0.2) is 0 Å². The third-order valence-electron chi connectivity index (χ3n) is 6.26. The van der Waals surface area contributed by atoms with Gasteiger partial charge in [-0.1, -0.05) is 39.8 Å². The second kappa shape index (κ2) is 11.8. The van der Waals surface area contributed by atoms with Gasteiger partial charge in [0.05, 0.1) is 0 Å². The molecule has 0 radical (unpaired) electrons. The van der Waals surface area contributed by atoms with Crippen molar-refractivity contribution in [3.63, 3.8) is 0 Å². The molecule has 1 amide bonds. The molecule has 0 aromatic heterocycles. The summed E-state index contributed by atoms with van der Waals surface area (Å²) in [5.41, 5.74) is 0.854. The molecule has 1 fully saturated rings. The zero-order chi connectivity index (χ0) is 22.1. The highest BCUT2D eigenvalue weighted by atomic mass is 19.1. The van der Waals surface area contributed by atoms with Crippen LogP contribution in [0.3, 0.4) is 0 Å². The third kappa shape index (κ3) is 7.99. The van der Waals surface area contributed by atoms with Crippen LogP contribution in [-0.2, 0) is 11.2 Å². The van der Waals surface area contributed by atoms with Gasteiger partial charge in [-0.15, -0.1) is 0 Å². The lowest BCUT2D eigenvalue weighted by Crippen LogP contribution is -2.51. The van der Waals surface area contributed by atoms with Crippen LogP contribution in [0.25, 0.3) is 0 Å². The first kappa shape index (κ1) is 24.8. The molecule has 0 heterocycles. The zero-order valence-corrected chi connectivity index (χ0v) is 19.6. The van der Waals surface area contributed by atoms with E-state index in [1.54, 1.807) is 12.1 Å². The Balaban J connectivity index is 1.91. The molecule has 0 unspecified atom stereocenters. The molecule has 1 aliphatic carbocycles. The number of benzene rings is 1. The summed E-state index contributed by atoms with van der Waals surface area (Å²) in [5, 5.41) is 6.81. The number of amides is 1. The minimum Gasteiger partial charge on any atom is -0.353 e. The van der Waals surface area contributed by atoms with E-state index in [1.807, 2.05) is 32.9 Å². The number of carbonyl (C=O) groups excluding carboxylic acids is 1. The fourth-order valence-corrected chi connectivity index (χ4v) is 4.48. The molecule has 170 valence electrons. The van der Waals surface area contributed by atoms with E-state index in [9.17, 15) is 9.18 Å². The molecule has 0 saturated heterocycles. The van der Waals surface area contributed by atoms with Crippen molar-refractivity contribution >= 4 is 5.91 Å². The molecule has 1 saturated carbocycles. The standard InChI is InChI=1S/C25H42FN3O/c1-6-15-29(16-7-8-19-9-11-21(26)12-10-19)18-20-17-22(13-14-23(20)27-5)28-24(30)25(2,3)4/h9-12,20,22-23,27H,6-8,13-18H2,1-5H3,(H,28,30)/t20-,22+,23+/m0/s1. The predicted molar refractivity (Wildman–Crippen MR) is 123 cm³/mol. The van der Waals surface area contributed by atoms with Crippen molar-refractivity contribution in [1.29, 1.82) is 0 Å². The van der Waals surface area contributed by atoms with E-state index in [-0.39, 0.29) is 23.2 Å². The second-order valence-corrected chi connectivity index (χ2v) is 9.92. The number of hydrogen-bond acceptors (Lipinski definition) is 3. The number of carbonyl (C=O) groups is 1. The van der Waals surface area contributed by atoms with Crippen molar-refractivity contribution < 1.29 is 9.18 Å².